The Morgan fingerprint density at radius 2 is 2.13 bits per heavy atom. The topological polar surface area (TPSA) is 56.7 Å². The van der Waals surface area contributed by atoms with E-state index in [4.69, 9.17) is 12.2 Å². The standard InChI is InChI=1S/C18H21N3OS/c22-17-7-2-1-4-11(17)10-19-21-18(23)20-16-9-12-8-15(16)14-6-3-5-13(12)14/h1-4,6-7,10,12-16,22H,5,8-9H2,(H2,20,21,23)/b19-10-/t12-,13+,14-,15-,16-/m1/s1. The molecule has 0 radical (unpaired) electrons. The molecule has 0 amide bonds. The summed E-state index contributed by atoms with van der Waals surface area (Å²) in [4.78, 5) is 0. The Balaban J connectivity index is 1.31. The molecule has 23 heavy (non-hydrogen) atoms. The quantitative estimate of drug-likeness (QED) is 0.346. The average Bonchev–Trinajstić information content (AvgIpc) is 3.21. The van der Waals surface area contributed by atoms with Gasteiger partial charge in [0, 0.05) is 11.6 Å². The van der Waals surface area contributed by atoms with Crippen molar-refractivity contribution >= 4 is 23.5 Å². The molecule has 2 bridgehead atoms. The number of nitrogens with zero attached hydrogens (tertiary/aromatic N) is 1. The van der Waals surface area contributed by atoms with Crippen LogP contribution in [0.25, 0.3) is 0 Å². The maximum atomic E-state index is 9.69. The number of hydrazone groups is 1. The summed E-state index contributed by atoms with van der Waals surface area (Å²) in [6.45, 7) is 0. The van der Waals surface area contributed by atoms with E-state index in [2.05, 4.69) is 28.0 Å². The number of para-hydroxylation sites is 1. The molecule has 0 heterocycles. The number of hydrogen-bond acceptors (Lipinski definition) is 3. The molecule has 1 aromatic carbocycles. The number of phenols is 1. The Morgan fingerprint density at radius 1 is 1.26 bits per heavy atom. The zero-order valence-electron chi connectivity index (χ0n) is 12.9. The highest BCUT2D eigenvalue weighted by molar-refractivity contribution is 7.80. The van der Waals surface area contributed by atoms with Crippen molar-refractivity contribution in [2.45, 2.75) is 25.3 Å². The summed E-state index contributed by atoms with van der Waals surface area (Å²) in [5.41, 5.74) is 3.53. The zero-order chi connectivity index (χ0) is 15.8. The molecule has 5 heteroatoms. The highest BCUT2D eigenvalue weighted by Gasteiger charge is 2.52. The third-order valence-corrected chi connectivity index (χ3v) is 5.84. The van der Waals surface area contributed by atoms with Crippen LogP contribution in [0.5, 0.6) is 5.75 Å². The van der Waals surface area contributed by atoms with Gasteiger partial charge in [-0.2, -0.15) is 5.10 Å². The van der Waals surface area contributed by atoms with Gasteiger partial charge in [-0.05, 0) is 67.3 Å². The van der Waals surface area contributed by atoms with Gasteiger partial charge in [0.2, 0.25) is 0 Å². The van der Waals surface area contributed by atoms with Crippen molar-refractivity contribution < 1.29 is 5.11 Å². The molecule has 0 aromatic heterocycles. The second-order valence-corrected chi connectivity index (χ2v) is 7.22. The molecular formula is C18H21N3OS. The number of phenolic OH excluding ortho intramolecular Hbond substituents is 1. The summed E-state index contributed by atoms with van der Waals surface area (Å²) >= 11 is 5.36. The van der Waals surface area contributed by atoms with Crippen LogP contribution in [0.3, 0.4) is 0 Å². The maximum Gasteiger partial charge on any atom is 0.187 e. The minimum Gasteiger partial charge on any atom is -0.507 e. The number of rotatable bonds is 3. The molecule has 3 aliphatic carbocycles. The number of nitrogens with one attached hydrogen (secondary N) is 2. The van der Waals surface area contributed by atoms with Gasteiger partial charge in [-0.1, -0.05) is 24.3 Å². The molecule has 4 rings (SSSR count). The summed E-state index contributed by atoms with van der Waals surface area (Å²) in [6.07, 6.45) is 10.2. The van der Waals surface area contributed by atoms with Crippen LogP contribution in [-0.4, -0.2) is 22.5 Å². The molecule has 3 N–H and O–H groups in total. The number of hydrogen-bond donors (Lipinski definition) is 3. The van der Waals surface area contributed by atoms with Crippen LogP contribution in [0.1, 0.15) is 24.8 Å². The molecule has 4 nitrogen and oxygen atoms in total. The van der Waals surface area contributed by atoms with Crippen LogP contribution < -0.4 is 10.7 Å². The fraction of sp³-hybridized carbons (Fsp3) is 0.444. The molecule has 0 aliphatic heterocycles. The normalized spacial score (nSPS) is 34.0. The van der Waals surface area contributed by atoms with Crippen molar-refractivity contribution in [3.8, 4) is 5.75 Å². The molecule has 2 saturated carbocycles. The van der Waals surface area contributed by atoms with Gasteiger partial charge < -0.3 is 10.4 Å². The molecule has 3 aliphatic rings. The Morgan fingerprint density at radius 3 is 3.00 bits per heavy atom. The van der Waals surface area contributed by atoms with Gasteiger partial charge in [0.25, 0.3) is 0 Å². The van der Waals surface area contributed by atoms with Crippen molar-refractivity contribution in [2.75, 3.05) is 0 Å². The van der Waals surface area contributed by atoms with E-state index in [9.17, 15) is 5.11 Å². The van der Waals surface area contributed by atoms with Crippen LogP contribution in [0.2, 0.25) is 0 Å². The van der Waals surface area contributed by atoms with Gasteiger partial charge in [0.05, 0.1) is 6.21 Å². The molecule has 0 unspecified atom stereocenters. The van der Waals surface area contributed by atoms with Crippen molar-refractivity contribution in [1.82, 2.24) is 10.7 Å². The molecule has 120 valence electrons. The number of thiocarbonyl (C=S) groups is 1. The first-order valence-corrected chi connectivity index (χ1v) is 8.67. The monoisotopic (exact) mass is 327 g/mol. The second-order valence-electron chi connectivity index (χ2n) is 6.81. The van der Waals surface area contributed by atoms with Crippen molar-refractivity contribution in [3.05, 3.63) is 42.0 Å². The Labute approximate surface area is 141 Å². The van der Waals surface area contributed by atoms with Crippen molar-refractivity contribution in [1.29, 1.82) is 0 Å². The lowest BCUT2D eigenvalue weighted by atomic mass is 9.79. The van der Waals surface area contributed by atoms with Crippen LogP contribution >= 0.6 is 12.2 Å². The largest absolute Gasteiger partial charge is 0.507 e. The molecular weight excluding hydrogens is 306 g/mol. The fourth-order valence-electron chi connectivity index (χ4n) is 4.67. The van der Waals surface area contributed by atoms with Gasteiger partial charge in [-0.15, -0.1) is 0 Å². The van der Waals surface area contributed by atoms with E-state index in [1.165, 1.54) is 19.3 Å². The number of allylic oxidation sites excluding steroid dienone is 2. The summed E-state index contributed by atoms with van der Waals surface area (Å²) < 4.78 is 0. The van der Waals surface area contributed by atoms with Gasteiger partial charge in [-0.25, -0.2) is 0 Å². The van der Waals surface area contributed by atoms with Crippen LogP contribution in [-0.2, 0) is 0 Å². The SMILES string of the molecule is Oc1ccccc1/C=N\NC(=S)N[C@@H]1C[C@H]2C[C@@H]1[C@@H]1C=CC[C@@H]21. The van der Waals surface area contributed by atoms with Gasteiger partial charge in [0.1, 0.15) is 5.75 Å². The van der Waals surface area contributed by atoms with Gasteiger partial charge in [0.15, 0.2) is 5.11 Å². The molecule has 2 fully saturated rings. The van der Waals surface area contributed by atoms with E-state index < -0.39 is 0 Å². The van der Waals surface area contributed by atoms with E-state index >= 15 is 0 Å². The van der Waals surface area contributed by atoms with E-state index in [0.717, 1.165) is 17.8 Å². The predicted molar refractivity (Wildman–Crippen MR) is 95.3 cm³/mol. The van der Waals surface area contributed by atoms with Gasteiger partial charge in [-0.3, -0.25) is 5.43 Å². The minimum atomic E-state index is 0.212. The summed E-state index contributed by atoms with van der Waals surface area (Å²) in [6, 6.07) is 7.55. The Hall–Kier alpha value is -1.88. The smallest absolute Gasteiger partial charge is 0.187 e. The summed E-state index contributed by atoms with van der Waals surface area (Å²) in [5, 5.41) is 17.8. The molecule has 0 spiro atoms. The first-order chi connectivity index (χ1) is 11.2. The lowest BCUT2D eigenvalue weighted by Crippen LogP contribution is -2.45. The first kappa shape index (κ1) is 14.7. The van der Waals surface area contributed by atoms with E-state index in [-0.39, 0.29) is 5.75 Å². The number of aromatic hydroxyl groups is 1. The Bertz CT molecular complexity index is 672. The highest BCUT2D eigenvalue weighted by atomic mass is 32.1. The molecule has 1 aromatic rings. The summed E-state index contributed by atoms with van der Waals surface area (Å²) in [5.74, 6) is 3.41. The maximum absolute atomic E-state index is 9.69. The van der Waals surface area contributed by atoms with E-state index in [0.29, 0.717) is 22.6 Å². The summed E-state index contributed by atoms with van der Waals surface area (Å²) in [7, 11) is 0. The molecule has 5 atom stereocenters. The Kier molecular flexibility index (Phi) is 3.81. The van der Waals surface area contributed by atoms with Crippen molar-refractivity contribution in [2.24, 2.45) is 28.8 Å². The lowest BCUT2D eigenvalue weighted by Gasteiger charge is -2.32. The highest BCUT2D eigenvalue weighted by Crippen LogP contribution is 2.56. The van der Waals surface area contributed by atoms with E-state index in [1.807, 2.05) is 6.07 Å². The van der Waals surface area contributed by atoms with Crippen LogP contribution in [0, 0.1) is 23.7 Å². The number of benzene rings is 1. The zero-order valence-corrected chi connectivity index (χ0v) is 13.7. The third kappa shape index (κ3) is 2.74. The van der Waals surface area contributed by atoms with Gasteiger partial charge >= 0.3 is 0 Å². The average molecular weight is 327 g/mol. The van der Waals surface area contributed by atoms with Crippen LogP contribution in [0.4, 0.5) is 0 Å². The minimum absolute atomic E-state index is 0.212. The van der Waals surface area contributed by atoms with Crippen molar-refractivity contribution in [3.63, 3.8) is 0 Å². The number of fused-ring (bicyclic) bond motifs is 5. The third-order valence-electron chi connectivity index (χ3n) is 5.63. The van der Waals surface area contributed by atoms with Crippen LogP contribution in [0.15, 0.2) is 41.5 Å². The lowest BCUT2D eigenvalue weighted by molar-refractivity contribution is 0.246. The fourth-order valence-corrected chi connectivity index (χ4v) is 4.87. The predicted octanol–water partition coefficient (Wildman–Crippen LogP) is 2.79. The van der Waals surface area contributed by atoms with E-state index in [1.54, 1.807) is 24.4 Å². The molecule has 0 saturated heterocycles. The first-order valence-electron chi connectivity index (χ1n) is 8.26. The second kappa shape index (κ2) is 5.96.